The molecule has 1 N–H and O–H groups in total. The molecule has 1 fully saturated rings. The second-order valence-electron chi connectivity index (χ2n) is 2.87. The van der Waals surface area contributed by atoms with Gasteiger partial charge in [0.1, 0.15) is 5.60 Å². The van der Waals surface area contributed by atoms with Crippen molar-refractivity contribution in [2.45, 2.75) is 18.9 Å². The second-order valence-corrected chi connectivity index (χ2v) is 2.87. The lowest BCUT2D eigenvalue weighted by Gasteiger charge is -2.37. The van der Waals surface area contributed by atoms with E-state index < -0.39 is 0 Å². The third-order valence-corrected chi connectivity index (χ3v) is 1.57. The molecule has 0 aliphatic carbocycles. The van der Waals surface area contributed by atoms with E-state index in [1.165, 1.54) is 0 Å². The third kappa shape index (κ3) is 1.94. The van der Waals surface area contributed by atoms with Crippen molar-refractivity contribution in [3.63, 3.8) is 0 Å². The summed E-state index contributed by atoms with van der Waals surface area (Å²) in [6.07, 6.45) is 0.718. The fraction of sp³-hybridized carbons (Fsp3) is 1.00. The average molecular weight is 146 g/mol. The maximum absolute atomic E-state index is 8.44. The zero-order valence-electron chi connectivity index (χ0n) is 6.30. The second kappa shape index (κ2) is 3.32. The molecule has 3 nitrogen and oxygen atoms in total. The van der Waals surface area contributed by atoms with Crippen molar-refractivity contribution in [1.29, 1.82) is 0 Å². The van der Waals surface area contributed by atoms with Gasteiger partial charge in [-0.3, -0.25) is 0 Å². The highest BCUT2D eigenvalue weighted by Crippen LogP contribution is 2.20. The molecule has 0 radical (unpaired) electrons. The molecule has 0 unspecified atom stereocenters. The van der Waals surface area contributed by atoms with Crippen LogP contribution in [0.15, 0.2) is 0 Å². The van der Waals surface area contributed by atoms with Crippen molar-refractivity contribution in [1.82, 2.24) is 0 Å². The molecule has 1 heterocycles. The number of hydrogen-bond donors (Lipinski definition) is 1. The lowest BCUT2D eigenvalue weighted by molar-refractivity contribution is -0.199. The van der Waals surface area contributed by atoms with E-state index in [9.17, 15) is 0 Å². The highest BCUT2D eigenvalue weighted by molar-refractivity contribution is 4.81. The van der Waals surface area contributed by atoms with Crippen LogP contribution in [-0.4, -0.2) is 37.1 Å². The summed E-state index contributed by atoms with van der Waals surface area (Å²) in [6.45, 7) is 4.25. The van der Waals surface area contributed by atoms with Crippen LogP contribution in [0.5, 0.6) is 0 Å². The van der Waals surface area contributed by atoms with Crippen LogP contribution in [0.3, 0.4) is 0 Å². The topological polar surface area (TPSA) is 38.7 Å². The molecule has 0 atom stereocenters. The van der Waals surface area contributed by atoms with E-state index in [0.717, 1.165) is 6.42 Å². The van der Waals surface area contributed by atoms with E-state index in [0.29, 0.717) is 19.8 Å². The number of aliphatic hydroxyl groups is 1. The SMILES string of the molecule is CC1(OCCCO)COC1. The first kappa shape index (κ1) is 7.98. The zero-order chi connectivity index (χ0) is 7.45. The lowest BCUT2D eigenvalue weighted by Crippen LogP contribution is -2.49. The summed E-state index contributed by atoms with van der Waals surface area (Å²) in [4.78, 5) is 0. The molecular weight excluding hydrogens is 132 g/mol. The van der Waals surface area contributed by atoms with Crippen molar-refractivity contribution in [3.8, 4) is 0 Å². The van der Waals surface area contributed by atoms with Gasteiger partial charge in [-0.15, -0.1) is 0 Å². The van der Waals surface area contributed by atoms with Gasteiger partial charge in [0, 0.05) is 13.2 Å². The lowest BCUT2D eigenvalue weighted by atomic mass is 10.1. The summed E-state index contributed by atoms with van der Waals surface area (Å²) >= 11 is 0. The molecule has 0 saturated carbocycles. The van der Waals surface area contributed by atoms with Gasteiger partial charge < -0.3 is 14.6 Å². The quantitative estimate of drug-likeness (QED) is 0.575. The molecule has 0 bridgehead atoms. The maximum Gasteiger partial charge on any atom is 0.112 e. The van der Waals surface area contributed by atoms with Crippen LogP contribution in [0.4, 0.5) is 0 Å². The van der Waals surface area contributed by atoms with Crippen molar-refractivity contribution >= 4 is 0 Å². The van der Waals surface area contributed by atoms with Crippen molar-refractivity contribution in [3.05, 3.63) is 0 Å². The van der Waals surface area contributed by atoms with Crippen LogP contribution in [0.25, 0.3) is 0 Å². The van der Waals surface area contributed by atoms with E-state index >= 15 is 0 Å². The minimum atomic E-state index is -0.0603. The Labute approximate surface area is 60.9 Å². The number of aliphatic hydroxyl groups excluding tert-OH is 1. The van der Waals surface area contributed by atoms with Gasteiger partial charge in [-0.1, -0.05) is 0 Å². The number of hydrogen-bond acceptors (Lipinski definition) is 3. The molecular formula is C7H14O3. The maximum atomic E-state index is 8.44. The normalized spacial score (nSPS) is 22.2. The minimum Gasteiger partial charge on any atom is -0.396 e. The molecule has 0 aromatic carbocycles. The summed E-state index contributed by atoms with van der Waals surface area (Å²) in [5, 5.41) is 8.44. The van der Waals surface area contributed by atoms with E-state index in [1.807, 2.05) is 6.92 Å². The van der Waals surface area contributed by atoms with Gasteiger partial charge in [0.2, 0.25) is 0 Å². The first-order valence-corrected chi connectivity index (χ1v) is 3.59. The molecule has 1 saturated heterocycles. The molecule has 3 heteroatoms. The highest BCUT2D eigenvalue weighted by atomic mass is 16.6. The van der Waals surface area contributed by atoms with Gasteiger partial charge >= 0.3 is 0 Å². The van der Waals surface area contributed by atoms with Crippen LogP contribution in [0, 0.1) is 0 Å². The summed E-state index contributed by atoms with van der Waals surface area (Å²) in [5.41, 5.74) is -0.0603. The summed E-state index contributed by atoms with van der Waals surface area (Å²) < 4.78 is 10.4. The molecule has 1 aliphatic rings. The molecule has 1 aliphatic heterocycles. The van der Waals surface area contributed by atoms with Crippen LogP contribution in [-0.2, 0) is 9.47 Å². The predicted octanol–water partition coefficient (Wildman–Crippen LogP) is 0.174. The van der Waals surface area contributed by atoms with E-state index in [-0.39, 0.29) is 12.2 Å². The van der Waals surface area contributed by atoms with Crippen molar-refractivity contribution in [2.75, 3.05) is 26.4 Å². The van der Waals surface area contributed by atoms with E-state index in [1.54, 1.807) is 0 Å². The Hall–Kier alpha value is -0.120. The molecule has 0 spiro atoms. The highest BCUT2D eigenvalue weighted by Gasteiger charge is 2.33. The van der Waals surface area contributed by atoms with Crippen LogP contribution in [0.2, 0.25) is 0 Å². The fourth-order valence-corrected chi connectivity index (χ4v) is 0.856. The third-order valence-electron chi connectivity index (χ3n) is 1.57. The van der Waals surface area contributed by atoms with Crippen molar-refractivity contribution in [2.24, 2.45) is 0 Å². The largest absolute Gasteiger partial charge is 0.396 e. The summed E-state index contributed by atoms with van der Waals surface area (Å²) in [5.74, 6) is 0. The number of rotatable bonds is 4. The monoisotopic (exact) mass is 146 g/mol. The minimum absolute atomic E-state index is 0.0603. The standard InChI is InChI=1S/C7H14O3/c1-7(5-9-6-7)10-4-2-3-8/h8H,2-6H2,1H3. The predicted molar refractivity (Wildman–Crippen MR) is 36.9 cm³/mol. The average Bonchev–Trinajstić information content (AvgIpc) is 1.85. The molecule has 0 aromatic rings. The van der Waals surface area contributed by atoms with E-state index in [2.05, 4.69) is 0 Å². The van der Waals surface area contributed by atoms with Crippen LogP contribution in [0.1, 0.15) is 13.3 Å². The van der Waals surface area contributed by atoms with Crippen LogP contribution < -0.4 is 0 Å². The van der Waals surface area contributed by atoms with Gasteiger partial charge in [-0.05, 0) is 13.3 Å². The first-order chi connectivity index (χ1) is 4.77. The Bertz CT molecular complexity index is 99.0. The smallest absolute Gasteiger partial charge is 0.112 e. The summed E-state index contributed by atoms with van der Waals surface area (Å²) in [6, 6.07) is 0. The Kier molecular flexibility index (Phi) is 2.65. The van der Waals surface area contributed by atoms with Gasteiger partial charge in [-0.25, -0.2) is 0 Å². The summed E-state index contributed by atoms with van der Waals surface area (Å²) in [7, 11) is 0. The molecule has 60 valence electrons. The zero-order valence-corrected chi connectivity index (χ0v) is 6.30. The van der Waals surface area contributed by atoms with Gasteiger partial charge in [0.15, 0.2) is 0 Å². The van der Waals surface area contributed by atoms with Crippen LogP contribution >= 0.6 is 0 Å². The molecule has 1 rings (SSSR count). The van der Waals surface area contributed by atoms with Gasteiger partial charge in [0.25, 0.3) is 0 Å². The van der Waals surface area contributed by atoms with Crippen molar-refractivity contribution < 1.29 is 14.6 Å². The number of ether oxygens (including phenoxy) is 2. The van der Waals surface area contributed by atoms with Gasteiger partial charge in [-0.2, -0.15) is 0 Å². The van der Waals surface area contributed by atoms with E-state index in [4.69, 9.17) is 14.6 Å². The first-order valence-electron chi connectivity index (χ1n) is 3.59. The Morgan fingerprint density at radius 3 is 2.70 bits per heavy atom. The Morgan fingerprint density at radius 2 is 2.30 bits per heavy atom. The molecule has 10 heavy (non-hydrogen) atoms. The Morgan fingerprint density at radius 1 is 1.60 bits per heavy atom. The molecule has 0 aromatic heterocycles. The van der Waals surface area contributed by atoms with Gasteiger partial charge in [0.05, 0.1) is 13.2 Å². The molecule has 0 amide bonds. The fourth-order valence-electron chi connectivity index (χ4n) is 0.856. The Balaban J connectivity index is 2.01.